The molecular weight excluding hydrogens is 289 g/mol. The van der Waals surface area contributed by atoms with E-state index in [1.165, 1.54) is 15.3 Å². The first-order chi connectivity index (χ1) is 8.47. The van der Waals surface area contributed by atoms with Crippen molar-refractivity contribution in [3.8, 4) is 0 Å². The SMILES string of the molecule is Cc1cc(C(C)Nc2cc(Cl)nnc2Cl)c(C)s1. The fourth-order valence-electron chi connectivity index (χ4n) is 1.85. The first-order valence-corrected chi connectivity index (χ1v) is 7.07. The van der Waals surface area contributed by atoms with Crippen LogP contribution >= 0.6 is 34.5 Å². The Morgan fingerprint density at radius 2 is 1.94 bits per heavy atom. The van der Waals surface area contributed by atoms with Crippen molar-refractivity contribution in [3.05, 3.63) is 37.8 Å². The van der Waals surface area contributed by atoms with E-state index in [2.05, 4.69) is 42.4 Å². The molecule has 1 atom stereocenters. The molecule has 2 heterocycles. The lowest BCUT2D eigenvalue weighted by molar-refractivity contribution is 0.875. The molecule has 0 spiro atoms. The Balaban J connectivity index is 2.23. The minimum absolute atomic E-state index is 0.146. The maximum atomic E-state index is 5.98. The van der Waals surface area contributed by atoms with Gasteiger partial charge in [-0.25, -0.2) is 0 Å². The second-order valence-electron chi connectivity index (χ2n) is 4.11. The molecule has 0 saturated heterocycles. The Morgan fingerprint density at radius 3 is 2.56 bits per heavy atom. The fourth-order valence-corrected chi connectivity index (χ4v) is 3.16. The summed E-state index contributed by atoms with van der Waals surface area (Å²) in [4.78, 5) is 2.60. The van der Waals surface area contributed by atoms with E-state index < -0.39 is 0 Å². The topological polar surface area (TPSA) is 37.8 Å². The number of halogens is 2. The van der Waals surface area contributed by atoms with Crippen LogP contribution in [-0.2, 0) is 0 Å². The Kier molecular flexibility index (Phi) is 4.10. The van der Waals surface area contributed by atoms with Gasteiger partial charge in [-0.15, -0.1) is 21.5 Å². The van der Waals surface area contributed by atoms with Crippen LogP contribution in [0, 0.1) is 13.8 Å². The molecule has 0 aliphatic rings. The third kappa shape index (κ3) is 2.94. The molecule has 0 aliphatic heterocycles. The number of rotatable bonds is 3. The quantitative estimate of drug-likeness (QED) is 0.898. The first kappa shape index (κ1) is 13.6. The minimum atomic E-state index is 0.146. The van der Waals surface area contributed by atoms with Gasteiger partial charge in [-0.2, -0.15) is 0 Å². The zero-order chi connectivity index (χ0) is 13.3. The summed E-state index contributed by atoms with van der Waals surface area (Å²) in [5.41, 5.74) is 1.97. The van der Waals surface area contributed by atoms with Gasteiger partial charge in [0.2, 0.25) is 0 Å². The third-order valence-corrected chi connectivity index (χ3v) is 4.08. The molecule has 3 nitrogen and oxygen atoms in total. The maximum Gasteiger partial charge on any atom is 0.174 e. The predicted octanol–water partition coefficient (Wildman–Crippen LogP) is 4.63. The van der Waals surface area contributed by atoms with Gasteiger partial charge >= 0.3 is 0 Å². The van der Waals surface area contributed by atoms with Crippen molar-refractivity contribution >= 4 is 40.2 Å². The summed E-state index contributed by atoms with van der Waals surface area (Å²) in [5, 5.41) is 11.4. The van der Waals surface area contributed by atoms with Gasteiger partial charge in [0.15, 0.2) is 10.3 Å². The van der Waals surface area contributed by atoms with E-state index in [9.17, 15) is 0 Å². The molecule has 2 aromatic rings. The predicted molar refractivity (Wildman–Crippen MR) is 77.9 cm³/mol. The molecule has 0 radical (unpaired) electrons. The second kappa shape index (κ2) is 5.43. The van der Waals surface area contributed by atoms with Gasteiger partial charge in [0.1, 0.15) is 0 Å². The van der Waals surface area contributed by atoms with Crippen LogP contribution < -0.4 is 5.32 Å². The van der Waals surface area contributed by atoms with Crippen LogP contribution in [-0.4, -0.2) is 10.2 Å². The van der Waals surface area contributed by atoms with Crippen molar-refractivity contribution in [3.63, 3.8) is 0 Å². The lowest BCUT2D eigenvalue weighted by atomic mass is 10.1. The van der Waals surface area contributed by atoms with Crippen molar-refractivity contribution in [2.45, 2.75) is 26.8 Å². The number of hydrogen-bond acceptors (Lipinski definition) is 4. The average Bonchev–Trinajstić information content (AvgIpc) is 2.63. The second-order valence-corrected chi connectivity index (χ2v) is 6.31. The van der Waals surface area contributed by atoms with E-state index in [0.717, 1.165) is 0 Å². The highest BCUT2D eigenvalue weighted by molar-refractivity contribution is 7.12. The molecule has 1 unspecified atom stereocenters. The highest BCUT2D eigenvalue weighted by Crippen LogP contribution is 2.30. The van der Waals surface area contributed by atoms with Crippen LogP contribution in [0.1, 0.15) is 28.3 Å². The number of aromatic nitrogens is 2. The molecule has 0 fully saturated rings. The third-order valence-electron chi connectivity index (χ3n) is 2.64. The van der Waals surface area contributed by atoms with E-state index in [1.807, 2.05) is 0 Å². The van der Waals surface area contributed by atoms with Crippen LogP contribution in [0.5, 0.6) is 0 Å². The molecule has 0 saturated carbocycles. The number of aryl methyl sites for hydroxylation is 2. The lowest BCUT2D eigenvalue weighted by Crippen LogP contribution is -2.08. The average molecular weight is 302 g/mol. The molecular formula is C12H13Cl2N3S. The van der Waals surface area contributed by atoms with Gasteiger partial charge in [-0.05, 0) is 32.4 Å². The van der Waals surface area contributed by atoms with Crippen molar-refractivity contribution in [1.82, 2.24) is 10.2 Å². The summed E-state index contributed by atoms with van der Waals surface area (Å²) in [7, 11) is 0. The molecule has 0 aliphatic carbocycles. The van der Waals surface area contributed by atoms with Crippen LogP contribution in [0.4, 0.5) is 5.69 Å². The normalized spacial score (nSPS) is 12.5. The Labute approximate surface area is 120 Å². The maximum absolute atomic E-state index is 5.98. The number of nitrogens with zero attached hydrogens (tertiary/aromatic N) is 2. The summed E-state index contributed by atoms with van der Waals surface area (Å²) in [6, 6.07) is 4.01. The summed E-state index contributed by atoms with van der Waals surface area (Å²) in [6.45, 7) is 6.30. The van der Waals surface area contributed by atoms with Crippen molar-refractivity contribution < 1.29 is 0 Å². The summed E-state index contributed by atoms with van der Waals surface area (Å²) in [5.74, 6) is 0. The molecule has 96 valence electrons. The fraction of sp³-hybridized carbons (Fsp3) is 0.333. The highest BCUT2D eigenvalue weighted by Gasteiger charge is 2.13. The van der Waals surface area contributed by atoms with Crippen LogP contribution in [0.2, 0.25) is 10.3 Å². The van der Waals surface area contributed by atoms with Crippen molar-refractivity contribution in [1.29, 1.82) is 0 Å². The molecule has 6 heteroatoms. The summed E-state index contributed by atoms with van der Waals surface area (Å²) < 4.78 is 0. The molecule has 2 rings (SSSR count). The minimum Gasteiger partial charge on any atom is -0.376 e. The molecule has 0 bridgehead atoms. The monoisotopic (exact) mass is 301 g/mol. The molecule has 0 aromatic carbocycles. The number of hydrogen-bond donors (Lipinski definition) is 1. The molecule has 1 N–H and O–H groups in total. The summed E-state index contributed by atoms with van der Waals surface area (Å²) >= 11 is 13.6. The van der Waals surface area contributed by atoms with Gasteiger partial charge < -0.3 is 5.32 Å². The van der Waals surface area contributed by atoms with Gasteiger partial charge in [0.25, 0.3) is 0 Å². The Hall–Kier alpha value is -0.840. The van der Waals surface area contributed by atoms with E-state index >= 15 is 0 Å². The van der Waals surface area contributed by atoms with Crippen molar-refractivity contribution in [2.24, 2.45) is 0 Å². The van der Waals surface area contributed by atoms with Crippen LogP contribution in [0.3, 0.4) is 0 Å². The lowest BCUT2D eigenvalue weighted by Gasteiger charge is -2.15. The van der Waals surface area contributed by atoms with Crippen LogP contribution in [0.15, 0.2) is 12.1 Å². The van der Waals surface area contributed by atoms with E-state index in [4.69, 9.17) is 23.2 Å². The summed E-state index contributed by atoms with van der Waals surface area (Å²) in [6.07, 6.45) is 0. The standard InChI is InChI=1S/C12H13Cl2N3S/c1-6-4-9(8(3)18-6)7(2)15-10-5-11(13)16-17-12(10)14/h4-5,7H,1-3H3,(H,15,16). The number of nitrogens with one attached hydrogen (secondary N) is 1. The van der Waals surface area contributed by atoms with Gasteiger partial charge in [0, 0.05) is 21.9 Å². The van der Waals surface area contributed by atoms with E-state index in [0.29, 0.717) is 16.0 Å². The largest absolute Gasteiger partial charge is 0.376 e. The molecule has 18 heavy (non-hydrogen) atoms. The van der Waals surface area contributed by atoms with Gasteiger partial charge in [0.05, 0.1) is 5.69 Å². The zero-order valence-electron chi connectivity index (χ0n) is 10.3. The Bertz CT molecular complexity index is 568. The smallest absolute Gasteiger partial charge is 0.174 e. The van der Waals surface area contributed by atoms with Gasteiger partial charge in [-0.3, -0.25) is 0 Å². The molecule has 2 aromatic heterocycles. The Morgan fingerprint density at radius 1 is 1.22 bits per heavy atom. The van der Waals surface area contributed by atoms with E-state index in [-0.39, 0.29) is 6.04 Å². The zero-order valence-corrected chi connectivity index (χ0v) is 12.6. The van der Waals surface area contributed by atoms with Crippen molar-refractivity contribution in [2.75, 3.05) is 5.32 Å². The van der Waals surface area contributed by atoms with E-state index in [1.54, 1.807) is 17.4 Å². The number of thiophene rings is 1. The van der Waals surface area contributed by atoms with Crippen LogP contribution in [0.25, 0.3) is 0 Å². The molecule has 0 amide bonds. The highest BCUT2D eigenvalue weighted by atomic mass is 35.5. The van der Waals surface area contributed by atoms with Gasteiger partial charge in [-0.1, -0.05) is 23.2 Å². The first-order valence-electron chi connectivity index (χ1n) is 5.49. The number of anilines is 1.